The summed E-state index contributed by atoms with van der Waals surface area (Å²) in [6.45, 7) is 5.99. The molecule has 1 aromatic heterocycles. The maximum Gasteiger partial charge on any atom is 0.276 e. The fourth-order valence-corrected chi connectivity index (χ4v) is 1.94. The molecule has 0 radical (unpaired) electrons. The maximum atomic E-state index is 12.3. The molecule has 4 N–H and O–H groups in total. The van der Waals surface area contributed by atoms with E-state index in [4.69, 9.17) is 5.73 Å². The number of aromatic hydroxyl groups is 1. The number of benzene rings is 1. The number of carbonyl (C=O) groups excluding carboxylic acids is 1. The van der Waals surface area contributed by atoms with E-state index >= 15 is 0 Å². The van der Waals surface area contributed by atoms with Crippen LogP contribution < -0.4 is 11.1 Å². The highest BCUT2D eigenvalue weighted by molar-refractivity contribution is 6.06. The molecule has 0 unspecified atom stereocenters. The Morgan fingerprint density at radius 2 is 2.15 bits per heavy atom. The first-order valence-electron chi connectivity index (χ1n) is 6.37. The molecule has 0 aliphatic carbocycles. The number of phenolic OH excluding ortho intramolecular Hbond substituents is 1. The molecule has 0 saturated heterocycles. The van der Waals surface area contributed by atoms with Crippen LogP contribution in [0.15, 0.2) is 18.2 Å². The van der Waals surface area contributed by atoms with E-state index in [1.807, 2.05) is 6.92 Å². The van der Waals surface area contributed by atoms with E-state index < -0.39 is 0 Å². The summed E-state index contributed by atoms with van der Waals surface area (Å²) < 4.78 is 1.56. The molecule has 20 heavy (non-hydrogen) atoms. The zero-order valence-corrected chi connectivity index (χ0v) is 11.8. The number of nitrogen functional groups attached to an aromatic ring is 1. The normalized spacial score (nSPS) is 10.6. The molecule has 1 aromatic carbocycles. The van der Waals surface area contributed by atoms with Crippen LogP contribution in [0.2, 0.25) is 0 Å². The van der Waals surface area contributed by atoms with Crippen molar-refractivity contribution in [3.63, 3.8) is 0 Å². The highest BCUT2D eigenvalue weighted by Gasteiger charge is 2.19. The Balaban J connectivity index is 2.30. The average Bonchev–Trinajstić information content (AvgIpc) is 2.69. The third kappa shape index (κ3) is 2.45. The Labute approximate surface area is 117 Å². The molecular weight excluding hydrogens is 256 g/mol. The third-order valence-corrected chi connectivity index (χ3v) is 3.16. The minimum atomic E-state index is -0.340. The highest BCUT2D eigenvalue weighted by Crippen LogP contribution is 2.23. The van der Waals surface area contributed by atoms with Gasteiger partial charge in [-0.1, -0.05) is 6.07 Å². The lowest BCUT2D eigenvalue weighted by molar-refractivity contribution is 0.101. The Kier molecular flexibility index (Phi) is 3.65. The molecule has 0 spiro atoms. The van der Waals surface area contributed by atoms with E-state index in [1.54, 1.807) is 30.7 Å². The van der Waals surface area contributed by atoms with E-state index in [0.717, 1.165) is 5.56 Å². The summed E-state index contributed by atoms with van der Waals surface area (Å²) in [5.74, 6) is -0.204. The molecule has 106 valence electrons. The summed E-state index contributed by atoms with van der Waals surface area (Å²) in [6.07, 6.45) is 0. The van der Waals surface area contributed by atoms with Gasteiger partial charge in [-0.15, -0.1) is 0 Å². The van der Waals surface area contributed by atoms with Crippen LogP contribution >= 0.6 is 0 Å². The van der Waals surface area contributed by atoms with Gasteiger partial charge in [0.25, 0.3) is 5.91 Å². The number of rotatable bonds is 3. The lowest BCUT2D eigenvalue weighted by atomic mass is 10.2. The standard InChI is InChI=1S/C14H18N4O2/c1-4-18-13(12(15)9(3)17-18)14(20)16-10-6-5-8(2)11(19)7-10/h5-7,19H,4,15H2,1-3H3,(H,16,20). The van der Waals surface area contributed by atoms with Crippen LogP contribution in [0.1, 0.15) is 28.7 Å². The molecule has 6 heteroatoms. The molecular formula is C14H18N4O2. The molecule has 2 rings (SSSR count). The number of nitrogens with two attached hydrogens (primary N) is 1. The van der Waals surface area contributed by atoms with Gasteiger partial charge in [0, 0.05) is 18.3 Å². The van der Waals surface area contributed by atoms with Crippen molar-refractivity contribution in [2.24, 2.45) is 0 Å². The summed E-state index contributed by atoms with van der Waals surface area (Å²) in [5, 5.41) is 16.6. The Bertz CT molecular complexity index is 661. The highest BCUT2D eigenvalue weighted by atomic mass is 16.3. The largest absolute Gasteiger partial charge is 0.508 e. The number of nitrogens with one attached hydrogen (secondary N) is 1. The van der Waals surface area contributed by atoms with Crippen LogP contribution in [0.3, 0.4) is 0 Å². The van der Waals surface area contributed by atoms with E-state index in [-0.39, 0.29) is 11.7 Å². The zero-order chi connectivity index (χ0) is 14.9. The van der Waals surface area contributed by atoms with Crippen LogP contribution in [-0.2, 0) is 6.54 Å². The second-order valence-electron chi connectivity index (χ2n) is 4.62. The van der Waals surface area contributed by atoms with E-state index in [0.29, 0.717) is 29.3 Å². The number of hydrogen-bond donors (Lipinski definition) is 3. The maximum absolute atomic E-state index is 12.3. The quantitative estimate of drug-likeness (QED) is 0.798. The SMILES string of the molecule is CCn1nc(C)c(N)c1C(=O)Nc1ccc(C)c(O)c1. The van der Waals surface area contributed by atoms with Crippen LogP contribution in [-0.4, -0.2) is 20.8 Å². The zero-order valence-electron chi connectivity index (χ0n) is 11.8. The number of nitrogens with zero attached hydrogens (tertiary/aromatic N) is 2. The summed E-state index contributed by atoms with van der Waals surface area (Å²) >= 11 is 0. The Morgan fingerprint density at radius 1 is 1.45 bits per heavy atom. The van der Waals surface area contributed by atoms with Crippen molar-refractivity contribution in [1.29, 1.82) is 0 Å². The molecule has 6 nitrogen and oxygen atoms in total. The minimum Gasteiger partial charge on any atom is -0.508 e. The van der Waals surface area contributed by atoms with Crippen molar-refractivity contribution in [3.05, 3.63) is 35.2 Å². The Morgan fingerprint density at radius 3 is 2.75 bits per heavy atom. The monoisotopic (exact) mass is 274 g/mol. The van der Waals surface area contributed by atoms with Crippen LogP contribution in [0, 0.1) is 13.8 Å². The van der Waals surface area contributed by atoms with E-state index in [9.17, 15) is 9.90 Å². The molecule has 0 bridgehead atoms. The van der Waals surface area contributed by atoms with E-state index in [1.165, 1.54) is 6.07 Å². The summed E-state index contributed by atoms with van der Waals surface area (Å²) in [4.78, 5) is 12.3. The van der Waals surface area contributed by atoms with Gasteiger partial charge in [-0.2, -0.15) is 5.10 Å². The molecule has 0 atom stereocenters. The van der Waals surface area contributed by atoms with Crippen molar-refractivity contribution < 1.29 is 9.90 Å². The van der Waals surface area contributed by atoms with Gasteiger partial charge in [0.2, 0.25) is 0 Å². The number of amides is 1. The van der Waals surface area contributed by atoms with E-state index in [2.05, 4.69) is 10.4 Å². The molecule has 0 fully saturated rings. The molecule has 1 amide bonds. The number of aromatic nitrogens is 2. The van der Waals surface area contributed by atoms with Crippen LogP contribution in [0.5, 0.6) is 5.75 Å². The Hall–Kier alpha value is -2.50. The van der Waals surface area contributed by atoms with Gasteiger partial charge >= 0.3 is 0 Å². The third-order valence-electron chi connectivity index (χ3n) is 3.16. The first-order valence-corrected chi connectivity index (χ1v) is 6.37. The van der Waals surface area contributed by atoms with Crippen molar-refractivity contribution >= 4 is 17.3 Å². The predicted octanol–water partition coefficient (Wildman–Crippen LogP) is 2.06. The smallest absolute Gasteiger partial charge is 0.276 e. The molecule has 0 aliphatic heterocycles. The number of hydrogen-bond acceptors (Lipinski definition) is 4. The second kappa shape index (κ2) is 5.24. The van der Waals surface area contributed by atoms with Crippen molar-refractivity contribution in [1.82, 2.24) is 9.78 Å². The predicted molar refractivity (Wildman–Crippen MR) is 77.8 cm³/mol. The summed E-state index contributed by atoms with van der Waals surface area (Å²) in [5.41, 5.74) is 8.50. The van der Waals surface area contributed by atoms with Crippen molar-refractivity contribution in [3.8, 4) is 5.75 Å². The summed E-state index contributed by atoms with van der Waals surface area (Å²) in [7, 11) is 0. The van der Waals surface area contributed by atoms with Gasteiger partial charge in [-0.25, -0.2) is 0 Å². The second-order valence-corrected chi connectivity index (χ2v) is 4.62. The van der Waals surface area contributed by atoms with Crippen molar-refractivity contribution in [2.75, 3.05) is 11.1 Å². The number of aryl methyl sites for hydroxylation is 3. The topological polar surface area (TPSA) is 93.2 Å². The van der Waals surface area contributed by atoms with Gasteiger partial charge in [0.15, 0.2) is 0 Å². The van der Waals surface area contributed by atoms with Crippen LogP contribution in [0.4, 0.5) is 11.4 Å². The molecule has 1 heterocycles. The first-order chi connectivity index (χ1) is 9.43. The van der Waals surface area contributed by atoms with Gasteiger partial charge in [0.1, 0.15) is 11.4 Å². The fourth-order valence-electron chi connectivity index (χ4n) is 1.94. The summed E-state index contributed by atoms with van der Waals surface area (Å²) in [6, 6.07) is 4.96. The van der Waals surface area contributed by atoms with Crippen LogP contribution in [0.25, 0.3) is 0 Å². The van der Waals surface area contributed by atoms with Gasteiger partial charge < -0.3 is 16.2 Å². The number of carbonyl (C=O) groups is 1. The van der Waals surface area contributed by atoms with Crippen molar-refractivity contribution in [2.45, 2.75) is 27.3 Å². The lowest BCUT2D eigenvalue weighted by Crippen LogP contribution is -2.18. The fraction of sp³-hybridized carbons (Fsp3) is 0.286. The molecule has 0 saturated carbocycles. The number of anilines is 2. The molecule has 0 aliphatic rings. The number of phenols is 1. The van der Waals surface area contributed by atoms with Gasteiger partial charge in [-0.05, 0) is 32.4 Å². The molecule has 2 aromatic rings. The van der Waals surface area contributed by atoms with Gasteiger partial charge in [0.05, 0.1) is 11.4 Å². The lowest BCUT2D eigenvalue weighted by Gasteiger charge is -2.08. The minimum absolute atomic E-state index is 0.135. The van der Waals surface area contributed by atoms with Gasteiger partial charge in [-0.3, -0.25) is 9.48 Å². The first kappa shape index (κ1) is 13.9. The average molecular weight is 274 g/mol.